The molecule has 0 bridgehead atoms. The summed E-state index contributed by atoms with van der Waals surface area (Å²) in [6.45, 7) is 7.53. The standard InChI is InChI=1S/C11H18/c1-9(2)10(3)6-4-8-5-7-11(8,9)10/h8H,4-7H2,1-3H3. The SMILES string of the molecule is CC1(C)C2(C)CCC3CCC312. The highest BCUT2D eigenvalue weighted by atomic mass is 14.9. The summed E-state index contributed by atoms with van der Waals surface area (Å²) in [6, 6.07) is 0. The Bertz CT molecular complexity index is 228. The van der Waals surface area contributed by atoms with Gasteiger partial charge in [-0.15, -0.1) is 0 Å². The van der Waals surface area contributed by atoms with E-state index in [-0.39, 0.29) is 0 Å². The Hall–Kier alpha value is 0. The summed E-state index contributed by atoms with van der Waals surface area (Å²) in [5.74, 6) is 1.13. The zero-order valence-corrected chi connectivity index (χ0v) is 7.91. The topological polar surface area (TPSA) is 0 Å². The Kier molecular flexibility index (Phi) is 0.767. The molecule has 0 N–H and O–H groups in total. The van der Waals surface area contributed by atoms with Gasteiger partial charge in [-0.3, -0.25) is 0 Å². The molecule has 0 aromatic carbocycles. The molecule has 0 nitrogen and oxygen atoms in total. The van der Waals surface area contributed by atoms with Gasteiger partial charge in [0.15, 0.2) is 0 Å². The Balaban J connectivity index is 2.10. The minimum Gasteiger partial charge on any atom is -0.0588 e. The van der Waals surface area contributed by atoms with Gasteiger partial charge in [0.05, 0.1) is 0 Å². The number of hydrogen-bond acceptors (Lipinski definition) is 0. The third kappa shape index (κ3) is 0.346. The van der Waals surface area contributed by atoms with Crippen LogP contribution in [0.3, 0.4) is 0 Å². The Morgan fingerprint density at radius 1 is 1.00 bits per heavy atom. The van der Waals surface area contributed by atoms with Crippen molar-refractivity contribution in [3.63, 3.8) is 0 Å². The van der Waals surface area contributed by atoms with Gasteiger partial charge in [0.1, 0.15) is 0 Å². The summed E-state index contributed by atoms with van der Waals surface area (Å²) in [7, 11) is 0. The van der Waals surface area contributed by atoms with Crippen molar-refractivity contribution in [1.29, 1.82) is 0 Å². The summed E-state index contributed by atoms with van der Waals surface area (Å²) >= 11 is 0. The molecule has 11 heavy (non-hydrogen) atoms. The average molecular weight is 150 g/mol. The molecule has 3 aliphatic carbocycles. The molecule has 0 aromatic rings. The molecule has 62 valence electrons. The molecule has 0 heteroatoms. The molecule has 3 aliphatic rings. The van der Waals surface area contributed by atoms with Crippen LogP contribution in [-0.4, -0.2) is 0 Å². The second-order valence-electron chi connectivity index (χ2n) is 5.70. The zero-order chi connectivity index (χ0) is 7.91. The third-order valence-corrected chi connectivity index (χ3v) is 5.99. The first-order valence-corrected chi connectivity index (χ1v) is 5.06. The van der Waals surface area contributed by atoms with Crippen molar-refractivity contribution >= 4 is 0 Å². The molecule has 3 fully saturated rings. The lowest BCUT2D eigenvalue weighted by atomic mass is 9.66. The highest BCUT2D eigenvalue weighted by Crippen LogP contribution is 2.92. The van der Waals surface area contributed by atoms with Gasteiger partial charge in [-0.2, -0.15) is 0 Å². The maximum absolute atomic E-state index is 2.53. The van der Waals surface area contributed by atoms with E-state index in [1.54, 1.807) is 19.3 Å². The van der Waals surface area contributed by atoms with Gasteiger partial charge in [-0.25, -0.2) is 0 Å². The van der Waals surface area contributed by atoms with Gasteiger partial charge in [0.25, 0.3) is 0 Å². The first kappa shape index (κ1) is 6.51. The molecule has 0 aromatic heterocycles. The van der Waals surface area contributed by atoms with Crippen LogP contribution in [0.4, 0.5) is 0 Å². The monoisotopic (exact) mass is 150 g/mol. The molecular weight excluding hydrogens is 132 g/mol. The van der Waals surface area contributed by atoms with Gasteiger partial charge in [0, 0.05) is 0 Å². The van der Waals surface area contributed by atoms with Crippen molar-refractivity contribution in [3.8, 4) is 0 Å². The maximum atomic E-state index is 2.53. The molecular formula is C11H18. The van der Waals surface area contributed by atoms with E-state index < -0.39 is 0 Å². The lowest BCUT2D eigenvalue weighted by Crippen LogP contribution is -2.30. The van der Waals surface area contributed by atoms with E-state index in [1.807, 2.05) is 0 Å². The second-order valence-corrected chi connectivity index (χ2v) is 5.70. The van der Waals surface area contributed by atoms with Crippen LogP contribution in [0.5, 0.6) is 0 Å². The largest absolute Gasteiger partial charge is 0.0588 e. The van der Waals surface area contributed by atoms with Crippen LogP contribution in [-0.2, 0) is 0 Å². The summed E-state index contributed by atoms with van der Waals surface area (Å²) < 4.78 is 0. The van der Waals surface area contributed by atoms with Crippen LogP contribution in [0, 0.1) is 22.2 Å². The van der Waals surface area contributed by atoms with E-state index in [0.717, 1.165) is 16.7 Å². The summed E-state index contributed by atoms with van der Waals surface area (Å²) in [6.07, 6.45) is 6.14. The smallest absolute Gasteiger partial charge is 0.0153 e. The molecule has 3 rings (SSSR count). The van der Waals surface area contributed by atoms with Crippen molar-refractivity contribution in [2.45, 2.75) is 46.5 Å². The van der Waals surface area contributed by atoms with Gasteiger partial charge in [0.2, 0.25) is 0 Å². The molecule has 1 spiro atoms. The molecule has 3 atom stereocenters. The quantitative estimate of drug-likeness (QED) is 0.497. The van der Waals surface area contributed by atoms with Crippen LogP contribution in [0.1, 0.15) is 46.5 Å². The predicted octanol–water partition coefficient (Wildman–Crippen LogP) is 3.22. The van der Waals surface area contributed by atoms with Crippen molar-refractivity contribution in [1.82, 2.24) is 0 Å². The van der Waals surface area contributed by atoms with Crippen molar-refractivity contribution in [2.24, 2.45) is 22.2 Å². The van der Waals surface area contributed by atoms with E-state index in [4.69, 9.17) is 0 Å². The van der Waals surface area contributed by atoms with Crippen LogP contribution in [0.2, 0.25) is 0 Å². The minimum absolute atomic E-state index is 0.696. The number of rotatable bonds is 0. The Morgan fingerprint density at radius 2 is 1.64 bits per heavy atom. The predicted molar refractivity (Wildman–Crippen MR) is 46.3 cm³/mol. The average Bonchev–Trinajstić information content (AvgIpc) is 2.10. The van der Waals surface area contributed by atoms with Crippen LogP contribution in [0.25, 0.3) is 0 Å². The summed E-state index contributed by atoms with van der Waals surface area (Å²) in [4.78, 5) is 0. The van der Waals surface area contributed by atoms with Crippen LogP contribution in [0.15, 0.2) is 0 Å². The highest BCUT2D eigenvalue weighted by Gasteiger charge is 2.86. The van der Waals surface area contributed by atoms with Crippen LogP contribution < -0.4 is 0 Å². The normalized spacial score (nSPS) is 63.0. The molecule has 0 amide bonds. The minimum atomic E-state index is 0.696. The molecule has 0 aliphatic heterocycles. The Labute approximate surface area is 69.4 Å². The van der Waals surface area contributed by atoms with E-state index in [2.05, 4.69) is 20.8 Å². The highest BCUT2D eigenvalue weighted by molar-refractivity contribution is 5.33. The molecule has 0 radical (unpaired) electrons. The van der Waals surface area contributed by atoms with Gasteiger partial charge >= 0.3 is 0 Å². The fraction of sp³-hybridized carbons (Fsp3) is 1.00. The van der Waals surface area contributed by atoms with E-state index in [0.29, 0.717) is 5.41 Å². The van der Waals surface area contributed by atoms with Gasteiger partial charge in [-0.05, 0) is 47.8 Å². The molecule has 0 saturated heterocycles. The second kappa shape index (κ2) is 1.30. The first-order chi connectivity index (χ1) is 5.06. The van der Waals surface area contributed by atoms with Gasteiger partial charge < -0.3 is 0 Å². The molecule has 3 saturated carbocycles. The van der Waals surface area contributed by atoms with E-state index in [9.17, 15) is 0 Å². The fourth-order valence-electron chi connectivity index (χ4n) is 4.91. The summed E-state index contributed by atoms with van der Waals surface area (Å²) in [5.41, 5.74) is 2.28. The summed E-state index contributed by atoms with van der Waals surface area (Å²) in [5, 5.41) is 0. The van der Waals surface area contributed by atoms with Crippen molar-refractivity contribution in [2.75, 3.05) is 0 Å². The Morgan fingerprint density at radius 3 is 1.91 bits per heavy atom. The lowest BCUT2D eigenvalue weighted by molar-refractivity contribution is 0.111. The third-order valence-electron chi connectivity index (χ3n) is 5.99. The molecule has 3 unspecified atom stereocenters. The van der Waals surface area contributed by atoms with E-state index in [1.165, 1.54) is 6.42 Å². The molecule has 0 heterocycles. The first-order valence-electron chi connectivity index (χ1n) is 5.06. The van der Waals surface area contributed by atoms with Gasteiger partial charge in [-0.1, -0.05) is 20.8 Å². The zero-order valence-electron chi connectivity index (χ0n) is 7.91. The van der Waals surface area contributed by atoms with E-state index >= 15 is 0 Å². The fourth-order valence-corrected chi connectivity index (χ4v) is 4.91. The van der Waals surface area contributed by atoms with Crippen molar-refractivity contribution in [3.05, 3.63) is 0 Å². The number of hydrogen-bond donors (Lipinski definition) is 0. The lowest BCUT2D eigenvalue weighted by Gasteiger charge is -2.38. The van der Waals surface area contributed by atoms with Crippen molar-refractivity contribution < 1.29 is 0 Å². The van der Waals surface area contributed by atoms with Crippen LogP contribution >= 0.6 is 0 Å². The maximum Gasteiger partial charge on any atom is -0.0153 e.